The number of fused-ring (bicyclic) bond motifs is 1. The van der Waals surface area contributed by atoms with Gasteiger partial charge in [0.2, 0.25) is 0 Å². The first-order valence-electron chi connectivity index (χ1n) is 4.27. The highest BCUT2D eigenvalue weighted by atomic mass is 16.1. The zero-order valence-electron chi connectivity index (χ0n) is 6.52. The zero-order valence-corrected chi connectivity index (χ0v) is 6.52. The summed E-state index contributed by atoms with van der Waals surface area (Å²) in [4.78, 5) is 11.4. The molecular formula is C9H14O. The predicted molar refractivity (Wildman–Crippen MR) is 39.7 cm³/mol. The molecule has 56 valence electrons. The zero-order chi connectivity index (χ0) is 7.19. The van der Waals surface area contributed by atoms with E-state index in [1.54, 1.807) is 0 Å². The molecule has 0 heterocycles. The van der Waals surface area contributed by atoms with Crippen molar-refractivity contribution in [1.82, 2.24) is 0 Å². The first kappa shape index (κ1) is 6.38. The Bertz CT molecular complexity index is 174. The monoisotopic (exact) mass is 138 g/mol. The smallest absolute Gasteiger partial charge is 0.139 e. The number of carbonyl (C=O) groups excluding carboxylic acids is 1. The van der Waals surface area contributed by atoms with E-state index in [1.165, 1.54) is 19.3 Å². The third kappa shape index (κ3) is 0.609. The van der Waals surface area contributed by atoms with Crippen molar-refractivity contribution in [3.8, 4) is 0 Å². The normalized spacial score (nSPS) is 46.1. The molecule has 0 aromatic heterocycles. The van der Waals surface area contributed by atoms with Crippen molar-refractivity contribution in [1.29, 1.82) is 0 Å². The van der Waals surface area contributed by atoms with Crippen LogP contribution in [0, 0.1) is 11.3 Å². The Balaban J connectivity index is 2.30. The summed E-state index contributed by atoms with van der Waals surface area (Å²) in [6.45, 7) is 2.17. The summed E-state index contributed by atoms with van der Waals surface area (Å²) in [6, 6.07) is 0. The third-order valence-electron chi connectivity index (χ3n) is 3.51. The highest BCUT2D eigenvalue weighted by molar-refractivity contribution is 5.87. The lowest BCUT2D eigenvalue weighted by Gasteiger charge is -2.20. The van der Waals surface area contributed by atoms with Crippen LogP contribution in [0.25, 0.3) is 0 Å². The lowest BCUT2D eigenvalue weighted by molar-refractivity contribution is -0.125. The summed E-state index contributed by atoms with van der Waals surface area (Å²) >= 11 is 0. The average Bonchev–Trinajstić information content (AvgIpc) is 2.36. The average molecular weight is 138 g/mol. The molecular weight excluding hydrogens is 124 g/mol. The van der Waals surface area contributed by atoms with E-state index in [0.717, 1.165) is 18.8 Å². The maximum atomic E-state index is 11.4. The van der Waals surface area contributed by atoms with Gasteiger partial charge in [-0.25, -0.2) is 0 Å². The molecule has 2 aliphatic rings. The highest BCUT2D eigenvalue weighted by Gasteiger charge is 2.48. The Morgan fingerprint density at radius 3 is 3.00 bits per heavy atom. The van der Waals surface area contributed by atoms with Crippen LogP contribution in [-0.2, 0) is 4.79 Å². The molecule has 0 radical (unpaired) electrons. The van der Waals surface area contributed by atoms with Crippen molar-refractivity contribution in [3.63, 3.8) is 0 Å². The second-order valence-electron chi connectivity index (χ2n) is 3.97. The van der Waals surface area contributed by atoms with Gasteiger partial charge in [-0.05, 0) is 25.2 Å². The van der Waals surface area contributed by atoms with Crippen LogP contribution in [0.3, 0.4) is 0 Å². The lowest BCUT2D eigenvalue weighted by atomic mass is 9.82. The molecule has 0 spiro atoms. The van der Waals surface area contributed by atoms with Gasteiger partial charge >= 0.3 is 0 Å². The second kappa shape index (κ2) is 1.84. The molecule has 2 aliphatic carbocycles. The molecule has 1 nitrogen and oxygen atoms in total. The molecule has 0 saturated heterocycles. The number of hydrogen-bond donors (Lipinski definition) is 0. The molecule has 1 heteroatoms. The summed E-state index contributed by atoms with van der Waals surface area (Å²) < 4.78 is 0. The molecule has 2 unspecified atom stereocenters. The Morgan fingerprint density at radius 1 is 1.50 bits per heavy atom. The van der Waals surface area contributed by atoms with Gasteiger partial charge < -0.3 is 0 Å². The van der Waals surface area contributed by atoms with Crippen molar-refractivity contribution in [2.45, 2.75) is 39.0 Å². The number of ketones is 1. The fraction of sp³-hybridized carbons (Fsp3) is 0.889. The molecule has 2 atom stereocenters. The summed E-state index contributed by atoms with van der Waals surface area (Å²) in [5, 5.41) is 0. The van der Waals surface area contributed by atoms with E-state index in [-0.39, 0.29) is 5.41 Å². The van der Waals surface area contributed by atoms with Gasteiger partial charge in [-0.2, -0.15) is 0 Å². The minimum absolute atomic E-state index is 0.125. The Labute approximate surface area is 61.8 Å². The third-order valence-corrected chi connectivity index (χ3v) is 3.51. The maximum absolute atomic E-state index is 11.4. The molecule has 2 saturated carbocycles. The standard InChI is InChI=1S/C9H14O/c1-9-6-2-3-7(9)4-5-8(9)10/h7H,2-6H2,1H3. The van der Waals surface area contributed by atoms with Crippen LogP contribution >= 0.6 is 0 Å². The Hall–Kier alpha value is -0.330. The van der Waals surface area contributed by atoms with Gasteiger partial charge in [0.05, 0.1) is 0 Å². The molecule has 0 aromatic rings. The van der Waals surface area contributed by atoms with E-state index < -0.39 is 0 Å². The van der Waals surface area contributed by atoms with Crippen LogP contribution in [0.15, 0.2) is 0 Å². The first-order valence-corrected chi connectivity index (χ1v) is 4.27. The van der Waals surface area contributed by atoms with E-state index >= 15 is 0 Å². The van der Waals surface area contributed by atoms with E-state index in [9.17, 15) is 4.79 Å². The van der Waals surface area contributed by atoms with Crippen molar-refractivity contribution in [2.24, 2.45) is 11.3 Å². The summed E-state index contributed by atoms with van der Waals surface area (Å²) in [7, 11) is 0. The topological polar surface area (TPSA) is 17.1 Å². The number of Topliss-reactive ketones (excluding diaryl/α,β-unsaturated/α-hetero) is 1. The van der Waals surface area contributed by atoms with Crippen LogP contribution in [0.5, 0.6) is 0 Å². The molecule has 10 heavy (non-hydrogen) atoms. The van der Waals surface area contributed by atoms with Crippen molar-refractivity contribution in [3.05, 3.63) is 0 Å². The van der Waals surface area contributed by atoms with Crippen molar-refractivity contribution in [2.75, 3.05) is 0 Å². The number of hydrogen-bond acceptors (Lipinski definition) is 1. The largest absolute Gasteiger partial charge is 0.299 e. The van der Waals surface area contributed by atoms with E-state index in [0.29, 0.717) is 5.78 Å². The quantitative estimate of drug-likeness (QED) is 0.501. The van der Waals surface area contributed by atoms with Gasteiger partial charge in [0, 0.05) is 11.8 Å². The molecule has 0 aromatic carbocycles. The SMILES string of the molecule is CC12CCCC1CCC2=O. The van der Waals surface area contributed by atoms with E-state index in [4.69, 9.17) is 0 Å². The number of rotatable bonds is 0. The molecule has 0 N–H and O–H groups in total. The predicted octanol–water partition coefficient (Wildman–Crippen LogP) is 2.16. The lowest BCUT2D eigenvalue weighted by Crippen LogP contribution is -2.23. The fourth-order valence-corrected chi connectivity index (χ4v) is 2.66. The summed E-state index contributed by atoms with van der Waals surface area (Å²) in [5.74, 6) is 1.29. The van der Waals surface area contributed by atoms with Gasteiger partial charge in [-0.3, -0.25) is 4.79 Å². The molecule has 2 rings (SSSR count). The molecule has 0 amide bonds. The maximum Gasteiger partial charge on any atom is 0.139 e. The first-order chi connectivity index (χ1) is 4.73. The van der Waals surface area contributed by atoms with Gasteiger partial charge in [-0.15, -0.1) is 0 Å². The van der Waals surface area contributed by atoms with Crippen LogP contribution in [0.2, 0.25) is 0 Å². The van der Waals surface area contributed by atoms with Gasteiger partial charge in [-0.1, -0.05) is 13.3 Å². The van der Waals surface area contributed by atoms with Crippen LogP contribution in [0.4, 0.5) is 0 Å². The molecule has 0 aliphatic heterocycles. The molecule has 0 bridgehead atoms. The van der Waals surface area contributed by atoms with Gasteiger partial charge in [0.25, 0.3) is 0 Å². The summed E-state index contributed by atoms with van der Waals surface area (Å²) in [6.07, 6.45) is 5.79. The second-order valence-corrected chi connectivity index (χ2v) is 3.97. The highest BCUT2D eigenvalue weighted by Crippen LogP contribution is 2.51. The van der Waals surface area contributed by atoms with Crippen LogP contribution < -0.4 is 0 Å². The minimum Gasteiger partial charge on any atom is -0.299 e. The van der Waals surface area contributed by atoms with Crippen molar-refractivity contribution >= 4 is 5.78 Å². The van der Waals surface area contributed by atoms with Crippen molar-refractivity contribution < 1.29 is 4.79 Å². The van der Waals surface area contributed by atoms with E-state index in [1.807, 2.05) is 0 Å². The Morgan fingerprint density at radius 2 is 2.30 bits per heavy atom. The minimum atomic E-state index is 0.125. The fourth-order valence-electron chi connectivity index (χ4n) is 2.66. The van der Waals surface area contributed by atoms with Gasteiger partial charge in [0.15, 0.2) is 0 Å². The van der Waals surface area contributed by atoms with E-state index in [2.05, 4.69) is 6.92 Å². The van der Waals surface area contributed by atoms with Crippen LogP contribution in [-0.4, -0.2) is 5.78 Å². The van der Waals surface area contributed by atoms with Crippen LogP contribution in [0.1, 0.15) is 39.0 Å². The summed E-state index contributed by atoms with van der Waals surface area (Å²) in [5.41, 5.74) is 0.125. The number of carbonyl (C=O) groups is 1. The molecule has 2 fully saturated rings. The van der Waals surface area contributed by atoms with Gasteiger partial charge in [0.1, 0.15) is 5.78 Å². The Kier molecular flexibility index (Phi) is 1.17.